The van der Waals surface area contributed by atoms with Crippen LogP contribution in [0.3, 0.4) is 0 Å². The van der Waals surface area contributed by atoms with E-state index in [4.69, 9.17) is 0 Å². The van der Waals surface area contributed by atoms with Crippen LogP contribution in [0.4, 0.5) is 0 Å². The zero-order valence-corrected chi connectivity index (χ0v) is 10.0. The van der Waals surface area contributed by atoms with Crippen LogP contribution in [0, 0.1) is 0 Å². The van der Waals surface area contributed by atoms with Crippen molar-refractivity contribution < 1.29 is 10.2 Å². The van der Waals surface area contributed by atoms with Crippen LogP contribution in [-0.4, -0.2) is 10.2 Å². The highest BCUT2D eigenvalue weighted by atomic mass is 16.3. The molecule has 0 aliphatic carbocycles. The molecule has 88 valence electrons. The van der Waals surface area contributed by atoms with Gasteiger partial charge in [-0.05, 0) is 17.7 Å². The molecule has 0 unspecified atom stereocenters. The van der Waals surface area contributed by atoms with E-state index >= 15 is 0 Å². The monoisotopic (exact) mass is 228 g/mol. The van der Waals surface area contributed by atoms with E-state index in [1.54, 1.807) is 18.2 Å². The Hall–Kier alpha value is -1.96. The summed E-state index contributed by atoms with van der Waals surface area (Å²) in [5, 5.41) is 19.9. The predicted molar refractivity (Wildman–Crippen MR) is 68.3 cm³/mol. The molecule has 0 amide bonds. The van der Waals surface area contributed by atoms with E-state index in [9.17, 15) is 10.2 Å². The Morgan fingerprint density at radius 2 is 1.29 bits per heavy atom. The van der Waals surface area contributed by atoms with Crippen molar-refractivity contribution >= 4 is 0 Å². The number of phenolic OH excluding ortho intramolecular Hbond substituents is 2. The van der Waals surface area contributed by atoms with Crippen LogP contribution in [0.15, 0.2) is 48.5 Å². The van der Waals surface area contributed by atoms with Crippen LogP contribution in [0.5, 0.6) is 11.5 Å². The Morgan fingerprint density at radius 3 is 1.82 bits per heavy atom. The Morgan fingerprint density at radius 1 is 0.765 bits per heavy atom. The molecule has 2 aromatic rings. The van der Waals surface area contributed by atoms with Gasteiger partial charge in [-0.15, -0.1) is 0 Å². The number of aromatic hydroxyl groups is 2. The van der Waals surface area contributed by atoms with Crippen molar-refractivity contribution in [3.8, 4) is 11.5 Å². The van der Waals surface area contributed by atoms with Crippen molar-refractivity contribution in [2.45, 2.75) is 19.3 Å². The van der Waals surface area contributed by atoms with Gasteiger partial charge in [0.1, 0.15) is 11.5 Å². The van der Waals surface area contributed by atoms with Gasteiger partial charge in [-0.2, -0.15) is 0 Å². The fraction of sp³-hybridized carbons (Fsp3) is 0.200. The molecule has 0 spiro atoms. The highest BCUT2D eigenvalue weighted by Gasteiger charge is 2.28. The second-order valence-corrected chi connectivity index (χ2v) is 4.66. The van der Waals surface area contributed by atoms with Gasteiger partial charge in [0.2, 0.25) is 0 Å². The number of rotatable bonds is 2. The predicted octanol–water partition coefficient (Wildman–Crippen LogP) is 3.42. The SMILES string of the molecule is CC(C)(c1ccccc1)c1c(O)cccc1O. The second-order valence-electron chi connectivity index (χ2n) is 4.66. The second kappa shape index (κ2) is 4.13. The van der Waals surface area contributed by atoms with Crippen LogP contribution in [0.25, 0.3) is 0 Å². The molecule has 0 atom stereocenters. The van der Waals surface area contributed by atoms with Crippen molar-refractivity contribution in [2.75, 3.05) is 0 Å². The largest absolute Gasteiger partial charge is 0.507 e. The normalized spacial score (nSPS) is 11.4. The van der Waals surface area contributed by atoms with Gasteiger partial charge in [-0.3, -0.25) is 0 Å². The van der Waals surface area contributed by atoms with E-state index < -0.39 is 5.41 Å². The Kier molecular flexibility index (Phi) is 2.80. The summed E-state index contributed by atoms with van der Waals surface area (Å²) in [6, 6.07) is 14.7. The topological polar surface area (TPSA) is 40.5 Å². The standard InChI is InChI=1S/C15H16O2/c1-15(2,11-7-4-3-5-8-11)14-12(16)9-6-10-13(14)17/h3-10,16-17H,1-2H3. The molecule has 2 heteroatoms. The van der Waals surface area contributed by atoms with Gasteiger partial charge in [-0.25, -0.2) is 0 Å². The summed E-state index contributed by atoms with van der Waals surface area (Å²) in [6.45, 7) is 3.97. The Balaban J connectivity index is 2.60. The minimum atomic E-state index is -0.434. The van der Waals surface area contributed by atoms with Gasteiger partial charge in [-0.1, -0.05) is 50.2 Å². The summed E-state index contributed by atoms with van der Waals surface area (Å²) in [7, 11) is 0. The first kappa shape index (κ1) is 11.5. The Bertz CT molecular complexity index is 495. The van der Waals surface area contributed by atoms with Gasteiger partial charge in [0.25, 0.3) is 0 Å². The van der Waals surface area contributed by atoms with Gasteiger partial charge in [0, 0.05) is 11.0 Å². The van der Waals surface area contributed by atoms with Crippen LogP contribution in [0.2, 0.25) is 0 Å². The molecule has 0 aliphatic rings. The molecule has 0 saturated carbocycles. The summed E-state index contributed by atoms with van der Waals surface area (Å²) in [4.78, 5) is 0. The molecule has 0 saturated heterocycles. The highest BCUT2D eigenvalue weighted by Crippen LogP contribution is 2.41. The van der Waals surface area contributed by atoms with E-state index in [-0.39, 0.29) is 11.5 Å². The van der Waals surface area contributed by atoms with E-state index in [0.29, 0.717) is 5.56 Å². The van der Waals surface area contributed by atoms with Crippen molar-refractivity contribution in [2.24, 2.45) is 0 Å². The van der Waals surface area contributed by atoms with Crippen molar-refractivity contribution in [3.05, 3.63) is 59.7 Å². The molecular formula is C15H16O2. The number of hydrogen-bond acceptors (Lipinski definition) is 2. The van der Waals surface area contributed by atoms with Gasteiger partial charge in [0.05, 0.1) is 0 Å². The number of benzene rings is 2. The van der Waals surface area contributed by atoms with Crippen molar-refractivity contribution in [1.29, 1.82) is 0 Å². The Labute approximate surface area is 101 Å². The zero-order chi connectivity index (χ0) is 12.5. The molecule has 17 heavy (non-hydrogen) atoms. The van der Waals surface area contributed by atoms with Crippen LogP contribution < -0.4 is 0 Å². The van der Waals surface area contributed by atoms with E-state index in [0.717, 1.165) is 5.56 Å². The van der Waals surface area contributed by atoms with E-state index in [1.165, 1.54) is 0 Å². The van der Waals surface area contributed by atoms with Crippen LogP contribution in [0.1, 0.15) is 25.0 Å². The summed E-state index contributed by atoms with van der Waals surface area (Å²) in [6.07, 6.45) is 0. The third-order valence-electron chi connectivity index (χ3n) is 3.14. The third kappa shape index (κ3) is 1.98. The molecule has 2 nitrogen and oxygen atoms in total. The zero-order valence-electron chi connectivity index (χ0n) is 10.0. The fourth-order valence-electron chi connectivity index (χ4n) is 2.17. The molecule has 0 fully saturated rings. The lowest BCUT2D eigenvalue weighted by molar-refractivity contribution is 0.418. The van der Waals surface area contributed by atoms with Crippen molar-refractivity contribution in [1.82, 2.24) is 0 Å². The first-order valence-corrected chi connectivity index (χ1v) is 5.60. The molecular weight excluding hydrogens is 212 g/mol. The fourth-order valence-corrected chi connectivity index (χ4v) is 2.17. The first-order chi connectivity index (χ1) is 8.03. The molecule has 0 radical (unpaired) electrons. The molecule has 0 heterocycles. The van der Waals surface area contributed by atoms with Crippen LogP contribution >= 0.6 is 0 Å². The molecule has 2 aromatic carbocycles. The van der Waals surface area contributed by atoms with Crippen molar-refractivity contribution in [3.63, 3.8) is 0 Å². The summed E-state index contributed by atoms with van der Waals surface area (Å²) >= 11 is 0. The van der Waals surface area contributed by atoms with E-state index in [1.807, 2.05) is 44.2 Å². The average molecular weight is 228 g/mol. The molecule has 0 aromatic heterocycles. The maximum atomic E-state index is 9.93. The molecule has 2 N–H and O–H groups in total. The minimum absolute atomic E-state index is 0.124. The quantitative estimate of drug-likeness (QED) is 0.826. The maximum absolute atomic E-state index is 9.93. The molecule has 0 aliphatic heterocycles. The molecule has 2 rings (SSSR count). The van der Waals surface area contributed by atoms with Crippen LogP contribution in [-0.2, 0) is 5.41 Å². The van der Waals surface area contributed by atoms with Gasteiger partial charge >= 0.3 is 0 Å². The summed E-state index contributed by atoms with van der Waals surface area (Å²) in [5.74, 6) is 0.248. The first-order valence-electron chi connectivity index (χ1n) is 5.60. The number of hydrogen-bond donors (Lipinski definition) is 2. The third-order valence-corrected chi connectivity index (χ3v) is 3.14. The van der Waals surface area contributed by atoms with Gasteiger partial charge < -0.3 is 10.2 Å². The summed E-state index contributed by atoms with van der Waals surface area (Å²) in [5.41, 5.74) is 1.18. The lowest BCUT2D eigenvalue weighted by atomic mass is 9.77. The minimum Gasteiger partial charge on any atom is -0.507 e. The summed E-state index contributed by atoms with van der Waals surface area (Å²) < 4.78 is 0. The lowest BCUT2D eigenvalue weighted by Crippen LogP contribution is -2.19. The average Bonchev–Trinajstić information content (AvgIpc) is 2.29. The highest BCUT2D eigenvalue weighted by molar-refractivity contribution is 5.52. The maximum Gasteiger partial charge on any atom is 0.123 e. The molecule has 0 bridgehead atoms. The van der Waals surface area contributed by atoms with Gasteiger partial charge in [0.15, 0.2) is 0 Å². The van der Waals surface area contributed by atoms with E-state index in [2.05, 4.69) is 0 Å². The smallest absolute Gasteiger partial charge is 0.123 e. The lowest BCUT2D eigenvalue weighted by Gasteiger charge is -2.27. The number of phenols is 2.